The fourth-order valence-corrected chi connectivity index (χ4v) is 2.25. The maximum Gasteiger partial charge on any atom is 0.306 e. The van der Waals surface area contributed by atoms with Crippen LogP contribution >= 0.6 is 0 Å². The molecule has 2 heterocycles. The average molecular weight is 232 g/mol. The molecule has 0 bridgehead atoms. The maximum absolute atomic E-state index is 10.7. The summed E-state index contributed by atoms with van der Waals surface area (Å²) in [4.78, 5) is 10.7. The molecule has 2 aliphatic heterocycles. The SMILES string of the molecule is CC1(C)O[C@@H]2[C@H](O1)[C@@H](CO)O[C@H]2CC(=O)O. The van der Waals surface area contributed by atoms with Crippen LogP contribution in [0.2, 0.25) is 0 Å². The zero-order valence-electron chi connectivity index (χ0n) is 9.25. The normalized spacial score (nSPS) is 40.9. The van der Waals surface area contributed by atoms with Gasteiger partial charge in [-0.2, -0.15) is 0 Å². The topological polar surface area (TPSA) is 85.2 Å². The molecule has 0 saturated carbocycles. The lowest BCUT2D eigenvalue weighted by Gasteiger charge is -2.22. The highest BCUT2D eigenvalue weighted by molar-refractivity contribution is 5.67. The molecule has 2 aliphatic rings. The van der Waals surface area contributed by atoms with Crippen LogP contribution in [0.25, 0.3) is 0 Å². The fraction of sp³-hybridized carbons (Fsp3) is 0.900. The van der Waals surface area contributed by atoms with Gasteiger partial charge in [0.05, 0.1) is 19.1 Å². The minimum absolute atomic E-state index is 0.142. The molecule has 92 valence electrons. The van der Waals surface area contributed by atoms with E-state index in [4.69, 9.17) is 24.4 Å². The second-order valence-electron chi connectivity index (χ2n) is 4.56. The van der Waals surface area contributed by atoms with Crippen molar-refractivity contribution >= 4 is 5.97 Å². The maximum atomic E-state index is 10.7. The summed E-state index contributed by atoms with van der Waals surface area (Å²) in [5.74, 6) is -1.70. The van der Waals surface area contributed by atoms with Crippen molar-refractivity contribution in [3.8, 4) is 0 Å². The van der Waals surface area contributed by atoms with Gasteiger partial charge in [-0.1, -0.05) is 0 Å². The Bertz CT molecular complexity index is 289. The summed E-state index contributed by atoms with van der Waals surface area (Å²) in [5, 5.41) is 17.9. The van der Waals surface area contributed by atoms with E-state index in [1.807, 2.05) is 0 Å². The summed E-state index contributed by atoms with van der Waals surface area (Å²) in [5.41, 5.74) is 0. The molecule has 2 rings (SSSR count). The van der Waals surface area contributed by atoms with E-state index in [1.54, 1.807) is 13.8 Å². The molecule has 0 radical (unpaired) electrons. The van der Waals surface area contributed by atoms with E-state index in [1.165, 1.54) is 0 Å². The zero-order chi connectivity index (χ0) is 11.9. The van der Waals surface area contributed by atoms with Crippen LogP contribution in [-0.2, 0) is 19.0 Å². The summed E-state index contributed by atoms with van der Waals surface area (Å²) in [6.45, 7) is 3.33. The number of carboxylic acid groups (broad SMARTS) is 1. The van der Waals surface area contributed by atoms with Crippen molar-refractivity contribution in [2.45, 2.75) is 50.5 Å². The first-order valence-electron chi connectivity index (χ1n) is 5.27. The molecule has 0 aromatic heterocycles. The number of ether oxygens (including phenoxy) is 3. The average Bonchev–Trinajstić information content (AvgIpc) is 2.60. The first-order valence-corrected chi connectivity index (χ1v) is 5.27. The summed E-state index contributed by atoms with van der Waals surface area (Å²) in [6.07, 6.45) is -2.00. The Kier molecular flexibility index (Phi) is 2.91. The minimum Gasteiger partial charge on any atom is -0.481 e. The van der Waals surface area contributed by atoms with Crippen LogP contribution in [-0.4, -0.2) is 53.0 Å². The molecule has 4 atom stereocenters. The number of hydrogen-bond donors (Lipinski definition) is 2. The smallest absolute Gasteiger partial charge is 0.306 e. The second-order valence-corrected chi connectivity index (χ2v) is 4.56. The number of hydrogen-bond acceptors (Lipinski definition) is 5. The Hall–Kier alpha value is -0.690. The molecule has 0 aromatic carbocycles. The number of carbonyl (C=O) groups is 1. The number of aliphatic hydroxyl groups excluding tert-OH is 1. The van der Waals surface area contributed by atoms with Crippen molar-refractivity contribution in [2.75, 3.05) is 6.61 Å². The van der Waals surface area contributed by atoms with E-state index < -0.39 is 30.1 Å². The first-order chi connectivity index (χ1) is 7.43. The third-order valence-corrected chi connectivity index (χ3v) is 2.80. The van der Waals surface area contributed by atoms with Crippen LogP contribution in [0.15, 0.2) is 0 Å². The zero-order valence-corrected chi connectivity index (χ0v) is 9.25. The van der Waals surface area contributed by atoms with Gasteiger partial charge in [-0.15, -0.1) is 0 Å². The van der Waals surface area contributed by atoms with Crippen LogP contribution in [0, 0.1) is 0 Å². The van der Waals surface area contributed by atoms with Crippen molar-refractivity contribution in [1.29, 1.82) is 0 Å². The molecule has 0 spiro atoms. The van der Waals surface area contributed by atoms with Crippen molar-refractivity contribution in [1.82, 2.24) is 0 Å². The van der Waals surface area contributed by atoms with E-state index in [2.05, 4.69) is 0 Å². The molecule has 0 aliphatic carbocycles. The van der Waals surface area contributed by atoms with Crippen molar-refractivity contribution in [2.24, 2.45) is 0 Å². The van der Waals surface area contributed by atoms with Crippen molar-refractivity contribution in [3.63, 3.8) is 0 Å². The van der Waals surface area contributed by atoms with Crippen LogP contribution in [0.5, 0.6) is 0 Å². The highest BCUT2D eigenvalue weighted by atomic mass is 16.8. The summed E-state index contributed by atoms with van der Waals surface area (Å²) in [7, 11) is 0. The van der Waals surface area contributed by atoms with Crippen LogP contribution in [0.1, 0.15) is 20.3 Å². The van der Waals surface area contributed by atoms with Gasteiger partial charge < -0.3 is 24.4 Å². The number of fused-ring (bicyclic) bond motifs is 1. The molecular weight excluding hydrogens is 216 g/mol. The lowest BCUT2D eigenvalue weighted by atomic mass is 10.1. The molecular formula is C10H16O6. The Labute approximate surface area is 93.1 Å². The van der Waals surface area contributed by atoms with E-state index in [9.17, 15) is 4.79 Å². The molecule has 0 unspecified atom stereocenters. The monoisotopic (exact) mass is 232 g/mol. The Morgan fingerprint density at radius 2 is 1.81 bits per heavy atom. The van der Waals surface area contributed by atoms with Gasteiger partial charge in [-0.25, -0.2) is 0 Å². The van der Waals surface area contributed by atoms with E-state index in [0.29, 0.717) is 0 Å². The highest BCUT2D eigenvalue weighted by Gasteiger charge is 2.55. The Morgan fingerprint density at radius 3 is 2.31 bits per heavy atom. The summed E-state index contributed by atoms with van der Waals surface area (Å²) < 4.78 is 16.6. The number of aliphatic carboxylic acids is 1. The molecule has 16 heavy (non-hydrogen) atoms. The van der Waals surface area contributed by atoms with E-state index >= 15 is 0 Å². The van der Waals surface area contributed by atoms with Crippen LogP contribution < -0.4 is 0 Å². The number of rotatable bonds is 3. The molecule has 0 aromatic rings. The predicted molar refractivity (Wildman–Crippen MR) is 51.8 cm³/mol. The predicted octanol–water partition coefficient (Wildman–Crippen LogP) is -0.259. The van der Waals surface area contributed by atoms with E-state index in [0.717, 1.165) is 0 Å². The Balaban J connectivity index is 2.11. The van der Waals surface area contributed by atoms with Crippen LogP contribution in [0.4, 0.5) is 0 Å². The van der Waals surface area contributed by atoms with E-state index in [-0.39, 0.29) is 19.1 Å². The van der Waals surface area contributed by atoms with Crippen molar-refractivity contribution in [3.05, 3.63) is 0 Å². The van der Waals surface area contributed by atoms with Gasteiger partial charge in [0, 0.05) is 0 Å². The molecule has 6 heteroatoms. The van der Waals surface area contributed by atoms with Gasteiger partial charge >= 0.3 is 5.97 Å². The molecule has 2 N–H and O–H groups in total. The van der Waals surface area contributed by atoms with Gasteiger partial charge in [-0.05, 0) is 13.8 Å². The minimum atomic E-state index is -0.948. The van der Waals surface area contributed by atoms with Gasteiger partial charge in [0.2, 0.25) is 0 Å². The lowest BCUT2D eigenvalue weighted by Crippen LogP contribution is -2.32. The number of carboxylic acids is 1. The van der Waals surface area contributed by atoms with Gasteiger partial charge in [0.25, 0.3) is 0 Å². The Morgan fingerprint density at radius 1 is 1.25 bits per heavy atom. The van der Waals surface area contributed by atoms with Gasteiger partial charge in [-0.3, -0.25) is 4.79 Å². The van der Waals surface area contributed by atoms with Gasteiger partial charge in [0.1, 0.15) is 18.3 Å². The third kappa shape index (κ3) is 2.06. The number of aliphatic hydroxyl groups is 1. The fourth-order valence-electron chi connectivity index (χ4n) is 2.25. The summed E-state index contributed by atoms with van der Waals surface area (Å²) >= 11 is 0. The van der Waals surface area contributed by atoms with Gasteiger partial charge in [0.15, 0.2) is 5.79 Å². The largest absolute Gasteiger partial charge is 0.481 e. The third-order valence-electron chi connectivity index (χ3n) is 2.80. The second kappa shape index (κ2) is 3.96. The lowest BCUT2D eigenvalue weighted by molar-refractivity contribution is -0.192. The quantitative estimate of drug-likeness (QED) is 0.697. The molecule has 2 saturated heterocycles. The first kappa shape index (κ1) is 11.8. The highest BCUT2D eigenvalue weighted by Crippen LogP contribution is 2.39. The molecule has 0 amide bonds. The molecule has 2 fully saturated rings. The standard InChI is InChI=1S/C10H16O6/c1-10(2)15-8-5(3-7(12)13)14-6(4-11)9(8)16-10/h5-6,8-9,11H,3-4H2,1-2H3,(H,12,13)/t5-,6+,8-,9+/m0/s1. The van der Waals surface area contributed by atoms with Crippen molar-refractivity contribution < 1.29 is 29.2 Å². The van der Waals surface area contributed by atoms with Crippen LogP contribution in [0.3, 0.4) is 0 Å². The summed E-state index contributed by atoms with van der Waals surface area (Å²) in [6, 6.07) is 0. The molecule has 6 nitrogen and oxygen atoms in total.